The average Bonchev–Trinajstić information content (AvgIpc) is 3.13. The number of aryl methyl sites for hydroxylation is 1. The fourth-order valence-corrected chi connectivity index (χ4v) is 2.96. The Morgan fingerprint density at radius 1 is 1.04 bits per heavy atom. The van der Waals surface area contributed by atoms with Gasteiger partial charge in [0, 0.05) is 17.8 Å². The number of phenolic OH excluding ortho intramolecular Hbond substituents is 1. The van der Waals surface area contributed by atoms with Gasteiger partial charge in [0.25, 0.3) is 0 Å². The summed E-state index contributed by atoms with van der Waals surface area (Å²) < 4.78 is 5.48. The van der Waals surface area contributed by atoms with Gasteiger partial charge in [0.1, 0.15) is 11.5 Å². The zero-order valence-electron chi connectivity index (χ0n) is 14.9. The molecule has 0 amide bonds. The first-order valence-corrected chi connectivity index (χ1v) is 8.87. The number of hydrogen-bond acceptors (Lipinski definition) is 3. The van der Waals surface area contributed by atoms with Crippen molar-refractivity contribution < 1.29 is 9.52 Å². The largest absolute Gasteiger partial charge is 0.508 e. The van der Waals surface area contributed by atoms with Gasteiger partial charge in [-0.25, -0.2) is 0 Å². The summed E-state index contributed by atoms with van der Waals surface area (Å²) in [6.07, 6.45) is 1.65. The van der Waals surface area contributed by atoms with E-state index in [1.165, 1.54) is 5.56 Å². The average molecular weight is 366 g/mol. The lowest BCUT2D eigenvalue weighted by molar-refractivity contribution is 0.353. The maximum atomic E-state index is 10.1. The zero-order valence-corrected chi connectivity index (χ0v) is 15.7. The van der Waals surface area contributed by atoms with E-state index in [4.69, 9.17) is 16.6 Å². The molecule has 0 spiro atoms. The van der Waals surface area contributed by atoms with Gasteiger partial charge < -0.3 is 19.7 Å². The van der Waals surface area contributed by atoms with Gasteiger partial charge in [-0.05, 0) is 61.5 Å². The molecule has 1 aromatic heterocycles. The molecule has 0 bridgehead atoms. The fourth-order valence-electron chi connectivity index (χ4n) is 2.72. The number of benzene rings is 2. The van der Waals surface area contributed by atoms with Crippen LogP contribution in [0.1, 0.15) is 22.5 Å². The van der Waals surface area contributed by atoms with Crippen molar-refractivity contribution in [2.75, 3.05) is 5.32 Å². The molecule has 26 heavy (non-hydrogen) atoms. The molecule has 0 saturated heterocycles. The van der Waals surface area contributed by atoms with Crippen LogP contribution in [0.5, 0.6) is 5.75 Å². The third kappa shape index (κ3) is 4.24. The number of para-hydroxylation sites is 1. The van der Waals surface area contributed by atoms with Crippen LogP contribution in [0.2, 0.25) is 0 Å². The molecular weight excluding hydrogens is 344 g/mol. The van der Waals surface area contributed by atoms with E-state index < -0.39 is 0 Å². The molecule has 0 aliphatic carbocycles. The van der Waals surface area contributed by atoms with Crippen molar-refractivity contribution in [3.05, 3.63) is 83.3 Å². The van der Waals surface area contributed by atoms with Gasteiger partial charge >= 0.3 is 0 Å². The van der Waals surface area contributed by atoms with Crippen LogP contribution in [0, 0.1) is 13.8 Å². The second kappa shape index (κ2) is 8.06. The minimum atomic E-state index is 0.256. The zero-order chi connectivity index (χ0) is 18.5. The second-order valence-electron chi connectivity index (χ2n) is 6.24. The lowest BCUT2D eigenvalue weighted by atomic mass is 10.1. The summed E-state index contributed by atoms with van der Waals surface area (Å²) in [5, 5.41) is 14.0. The summed E-state index contributed by atoms with van der Waals surface area (Å²) in [4.78, 5) is 1.98. The number of aromatic hydroxyl groups is 1. The number of furan rings is 1. The molecule has 0 atom stereocenters. The minimum absolute atomic E-state index is 0.256. The molecule has 2 aromatic carbocycles. The topological polar surface area (TPSA) is 48.6 Å². The number of nitrogens with zero attached hydrogens (tertiary/aromatic N) is 1. The lowest BCUT2D eigenvalue weighted by Crippen LogP contribution is -2.34. The lowest BCUT2D eigenvalue weighted by Gasteiger charge is -2.26. The van der Waals surface area contributed by atoms with E-state index in [0.717, 1.165) is 22.6 Å². The van der Waals surface area contributed by atoms with Crippen LogP contribution >= 0.6 is 12.2 Å². The van der Waals surface area contributed by atoms with Gasteiger partial charge in [-0.3, -0.25) is 0 Å². The Morgan fingerprint density at radius 2 is 1.85 bits per heavy atom. The predicted octanol–water partition coefficient (Wildman–Crippen LogP) is 5.00. The SMILES string of the molecule is Cc1cccc(NC(=S)N(Cc2ccco2)Cc2ccccc2O)c1C. The van der Waals surface area contributed by atoms with Crippen molar-refractivity contribution in [2.45, 2.75) is 26.9 Å². The van der Waals surface area contributed by atoms with Crippen LogP contribution in [-0.4, -0.2) is 15.1 Å². The van der Waals surface area contributed by atoms with Crippen molar-refractivity contribution in [2.24, 2.45) is 0 Å². The summed E-state index contributed by atoms with van der Waals surface area (Å²) in [6.45, 7) is 5.13. The Balaban J connectivity index is 1.83. The normalized spacial score (nSPS) is 10.5. The van der Waals surface area contributed by atoms with Gasteiger partial charge in [-0.2, -0.15) is 0 Å². The van der Waals surface area contributed by atoms with E-state index >= 15 is 0 Å². The van der Waals surface area contributed by atoms with Crippen LogP contribution in [0.15, 0.2) is 65.3 Å². The van der Waals surface area contributed by atoms with Gasteiger partial charge in [0.15, 0.2) is 5.11 Å². The molecule has 0 fully saturated rings. The molecule has 1 heterocycles. The standard InChI is InChI=1S/C21H22N2O2S/c1-15-7-5-10-19(16(15)2)22-21(26)23(14-18-9-6-12-25-18)13-17-8-3-4-11-20(17)24/h3-12,24H,13-14H2,1-2H3,(H,22,26). The molecular formula is C21H22N2O2S. The van der Waals surface area contributed by atoms with E-state index in [1.807, 2.05) is 47.4 Å². The number of nitrogens with one attached hydrogen (secondary N) is 1. The van der Waals surface area contributed by atoms with Crippen molar-refractivity contribution in [3.8, 4) is 5.75 Å². The Labute approximate surface area is 159 Å². The first-order valence-electron chi connectivity index (χ1n) is 8.46. The smallest absolute Gasteiger partial charge is 0.174 e. The maximum absolute atomic E-state index is 10.1. The minimum Gasteiger partial charge on any atom is -0.508 e. The van der Waals surface area contributed by atoms with Gasteiger partial charge in [0.05, 0.1) is 12.8 Å². The highest BCUT2D eigenvalue weighted by atomic mass is 32.1. The molecule has 3 rings (SSSR count). The molecule has 0 saturated carbocycles. The molecule has 0 radical (unpaired) electrons. The number of phenols is 1. The predicted molar refractivity (Wildman–Crippen MR) is 108 cm³/mol. The highest BCUT2D eigenvalue weighted by molar-refractivity contribution is 7.80. The quantitative estimate of drug-likeness (QED) is 0.622. The van der Waals surface area contributed by atoms with Gasteiger partial charge in [-0.15, -0.1) is 0 Å². The van der Waals surface area contributed by atoms with E-state index in [2.05, 4.69) is 25.2 Å². The molecule has 0 aliphatic rings. The second-order valence-corrected chi connectivity index (χ2v) is 6.63. The molecule has 2 N–H and O–H groups in total. The number of thiocarbonyl (C=S) groups is 1. The summed E-state index contributed by atoms with van der Waals surface area (Å²) in [5.74, 6) is 1.07. The maximum Gasteiger partial charge on any atom is 0.174 e. The highest BCUT2D eigenvalue weighted by Gasteiger charge is 2.15. The van der Waals surface area contributed by atoms with E-state index in [0.29, 0.717) is 18.2 Å². The van der Waals surface area contributed by atoms with Crippen LogP contribution in [0.25, 0.3) is 0 Å². The first-order chi connectivity index (χ1) is 12.5. The summed E-state index contributed by atoms with van der Waals surface area (Å²) in [5.41, 5.74) is 4.16. The van der Waals surface area contributed by atoms with E-state index in [-0.39, 0.29) is 5.75 Å². The Morgan fingerprint density at radius 3 is 2.58 bits per heavy atom. The number of hydrogen-bond donors (Lipinski definition) is 2. The molecule has 134 valence electrons. The van der Waals surface area contributed by atoms with Crippen LogP contribution in [0.4, 0.5) is 5.69 Å². The summed E-state index contributed by atoms with van der Waals surface area (Å²) in [6, 6.07) is 17.2. The monoisotopic (exact) mass is 366 g/mol. The van der Waals surface area contributed by atoms with Crippen molar-refractivity contribution in [1.82, 2.24) is 4.90 Å². The molecule has 3 aromatic rings. The summed E-state index contributed by atoms with van der Waals surface area (Å²) in [7, 11) is 0. The van der Waals surface area contributed by atoms with Crippen molar-refractivity contribution >= 4 is 23.0 Å². The van der Waals surface area contributed by atoms with Crippen LogP contribution in [0.3, 0.4) is 0 Å². The molecule has 0 aliphatic heterocycles. The van der Waals surface area contributed by atoms with Gasteiger partial charge in [0.2, 0.25) is 0 Å². The Hall–Kier alpha value is -2.79. The van der Waals surface area contributed by atoms with Gasteiger partial charge in [-0.1, -0.05) is 30.3 Å². The third-order valence-electron chi connectivity index (χ3n) is 4.41. The number of rotatable bonds is 5. The summed E-state index contributed by atoms with van der Waals surface area (Å²) >= 11 is 5.67. The molecule has 5 heteroatoms. The van der Waals surface area contributed by atoms with E-state index in [1.54, 1.807) is 12.3 Å². The Kier molecular flexibility index (Phi) is 5.58. The van der Waals surface area contributed by atoms with Crippen LogP contribution < -0.4 is 5.32 Å². The fraction of sp³-hybridized carbons (Fsp3) is 0.190. The number of anilines is 1. The third-order valence-corrected chi connectivity index (χ3v) is 4.77. The van der Waals surface area contributed by atoms with Crippen LogP contribution in [-0.2, 0) is 13.1 Å². The molecule has 0 unspecified atom stereocenters. The molecule has 4 nitrogen and oxygen atoms in total. The van der Waals surface area contributed by atoms with Crippen molar-refractivity contribution in [1.29, 1.82) is 0 Å². The van der Waals surface area contributed by atoms with E-state index in [9.17, 15) is 5.11 Å². The first kappa shape index (κ1) is 18.0. The van der Waals surface area contributed by atoms with Crippen molar-refractivity contribution in [3.63, 3.8) is 0 Å². The highest BCUT2D eigenvalue weighted by Crippen LogP contribution is 2.22. The Bertz CT molecular complexity index is 891.